The summed E-state index contributed by atoms with van der Waals surface area (Å²) in [6.45, 7) is 0.145. The van der Waals surface area contributed by atoms with Gasteiger partial charge in [-0.15, -0.1) is 0 Å². The van der Waals surface area contributed by atoms with Crippen LogP contribution in [0.1, 0.15) is 0 Å². The molecule has 0 saturated heterocycles. The molecule has 0 spiro atoms. The van der Waals surface area contributed by atoms with Gasteiger partial charge in [0.15, 0.2) is 0 Å². The third-order valence-electron chi connectivity index (χ3n) is 2.07. The zero-order chi connectivity index (χ0) is 12.3. The van der Waals surface area contributed by atoms with Gasteiger partial charge in [0.25, 0.3) is 0 Å². The number of rotatable bonds is 3. The summed E-state index contributed by atoms with van der Waals surface area (Å²) in [6, 6.07) is 6.65. The van der Waals surface area contributed by atoms with Gasteiger partial charge >= 0.3 is 0 Å². The molecule has 1 heterocycles. The minimum Gasteiger partial charge on any atom is -0.323 e. The van der Waals surface area contributed by atoms with Gasteiger partial charge in [-0.3, -0.25) is 9.48 Å². The first-order valence-electron chi connectivity index (χ1n) is 4.87. The van der Waals surface area contributed by atoms with E-state index in [9.17, 15) is 4.79 Å². The van der Waals surface area contributed by atoms with Gasteiger partial charge in [-0.1, -0.05) is 23.2 Å². The fourth-order valence-corrected chi connectivity index (χ4v) is 1.78. The van der Waals surface area contributed by atoms with Crippen molar-refractivity contribution in [1.29, 1.82) is 0 Å². The van der Waals surface area contributed by atoms with Gasteiger partial charge in [0.1, 0.15) is 6.54 Å². The number of carbonyl (C=O) groups excluding carboxylic acids is 1. The highest BCUT2D eigenvalue weighted by Gasteiger charge is 2.06. The molecule has 4 nitrogen and oxygen atoms in total. The molecule has 0 fully saturated rings. The Bertz CT molecular complexity index is 526. The van der Waals surface area contributed by atoms with Gasteiger partial charge in [-0.05, 0) is 24.3 Å². The molecule has 6 heteroatoms. The van der Waals surface area contributed by atoms with Gasteiger partial charge in [0, 0.05) is 17.4 Å². The third kappa shape index (κ3) is 3.22. The predicted octanol–water partition coefficient (Wildman–Crippen LogP) is 2.83. The number of carbonyl (C=O) groups is 1. The molecule has 1 N–H and O–H groups in total. The number of halogens is 2. The summed E-state index contributed by atoms with van der Waals surface area (Å²) in [5.74, 6) is -0.196. The van der Waals surface area contributed by atoms with E-state index in [-0.39, 0.29) is 12.5 Å². The zero-order valence-corrected chi connectivity index (χ0v) is 10.2. The third-order valence-corrected chi connectivity index (χ3v) is 2.62. The number of anilines is 1. The van der Waals surface area contributed by atoms with E-state index in [1.165, 1.54) is 4.68 Å². The van der Waals surface area contributed by atoms with Gasteiger partial charge in [0.05, 0.1) is 10.7 Å². The van der Waals surface area contributed by atoms with E-state index in [0.717, 1.165) is 0 Å². The van der Waals surface area contributed by atoms with Crippen molar-refractivity contribution in [3.63, 3.8) is 0 Å². The van der Waals surface area contributed by atoms with E-state index in [4.69, 9.17) is 23.2 Å². The fraction of sp³-hybridized carbons (Fsp3) is 0.0909. The van der Waals surface area contributed by atoms with E-state index in [2.05, 4.69) is 10.4 Å². The monoisotopic (exact) mass is 269 g/mol. The first-order chi connectivity index (χ1) is 8.15. The summed E-state index contributed by atoms with van der Waals surface area (Å²) in [5.41, 5.74) is 0.535. The molecule has 0 unspecified atom stereocenters. The first-order valence-corrected chi connectivity index (χ1v) is 5.63. The maximum Gasteiger partial charge on any atom is 0.246 e. The van der Waals surface area contributed by atoms with Crippen LogP contribution < -0.4 is 5.32 Å². The molecular weight excluding hydrogens is 261 g/mol. The van der Waals surface area contributed by atoms with Crippen molar-refractivity contribution in [3.05, 3.63) is 46.7 Å². The van der Waals surface area contributed by atoms with Gasteiger partial charge < -0.3 is 5.32 Å². The average molecular weight is 270 g/mol. The lowest BCUT2D eigenvalue weighted by molar-refractivity contribution is -0.116. The fourth-order valence-electron chi connectivity index (χ4n) is 1.32. The number of nitrogens with zero attached hydrogens (tertiary/aromatic N) is 2. The van der Waals surface area contributed by atoms with Crippen molar-refractivity contribution in [1.82, 2.24) is 9.78 Å². The highest BCUT2D eigenvalue weighted by Crippen LogP contribution is 2.25. The Morgan fingerprint density at radius 3 is 2.88 bits per heavy atom. The van der Waals surface area contributed by atoms with Gasteiger partial charge in [-0.2, -0.15) is 5.10 Å². The standard InChI is InChI=1S/C11H9Cl2N3O/c12-8-2-3-10(9(13)6-8)15-11(17)7-16-5-1-4-14-16/h1-6H,7H2,(H,15,17). The summed E-state index contributed by atoms with van der Waals surface area (Å²) in [6.07, 6.45) is 3.32. The molecular formula is C11H9Cl2N3O. The molecule has 88 valence electrons. The lowest BCUT2D eigenvalue weighted by Gasteiger charge is -2.07. The summed E-state index contributed by atoms with van der Waals surface area (Å²) < 4.78 is 1.53. The van der Waals surface area contributed by atoms with E-state index in [1.54, 1.807) is 36.7 Å². The Hall–Kier alpha value is -1.52. The SMILES string of the molecule is O=C(Cn1cccn1)Nc1ccc(Cl)cc1Cl. The molecule has 0 aliphatic carbocycles. The van der Waals surface area contributed by atoms with Crippen LogP contribution in [0.25, 0.3) is 0 Å². The summed E-state index contributed by atoms with van der Waals surface area (Å²) in [4.78, 5) is 11.7. The normalized spacial score (nSPS) is 10.2. The molecule has 1 aromatic carbocycles. The molecule has 2 rings (SSSR count). The second-order valence-corrected chi connectivity index (χ2v) is 4.22. The maximum atomic E-state index is 11.7. The van der Waals surface area contributed by atoms with Crippen LogP contribution in [0, 0.1) is 0 Å². The maximum absolute atomic E-state index is 11.7. The van der Waals surface area contributed by atoms with Crippen molar-refractivity contribution in [2.24, 2.45) is 0 Å². The first kappa shape index (κ1) is 12.0. The Morgan fingerprint density at radius 1 is 1.41 bits per heavy atom. The molecule has 0 bridgehead atoms. The molecule has 0 aliphatic heterocycles. The Balaban J connectivity index is 2.03. The highest BCUT2D eigenvalue weighted by molar-refractivity contribution is 6.36. The van der Waals surface area contributed by atoms with Crippen LogP contribution in [0.3, 0.4) is 0 Å². The number of hydrogen-bond donors (Lipinski definition) is 1. The largest absolute Gasteiger partial charge is 0.323 e. The number of nitrogens with one attached hydrogen (secondary N) is 1. The van der Waals surface area contributed by atoms with E-state index in [1.807, 2.05) is 0 Å². The summed E-state index contributed by atoms with van der Waals surface area (Å²) in [7, 11) is 0. The van der Waals surface area contributed by atoms with Crippen LogP contribution in [0.5, 0.6) is 0 Å². The average Bonchev–Trinajstić information content (AvgIpc) is 2.75. The second-order valence-electron chi connectivity index (χ2n) is 3.38. The Morgan fingerprint density at radius 2 is 2.24 bits per heavy atom. The van der Waals surface area contributed by atoms with Gasteiger partial charge in [0.2, 0.25) is 5.91 Å². The van der Waals surface area contributed by atoms with Crippen LogP contribution in [0.15, 0.2) is 36.7 Å². The van der Waals surface area contributed by atoms with Crippen molar-refractivity contribution >= 4 is 34.8 Å². The van der Waals surface area contributed by atoms with E-state index < -0.39 is 0 Å². The molecule has 2 aromatic rings. The summed E-state index contributed by atoms with van der Waals surface area (Å²) >= 11 is 11.7. The molecule has 0 saturated carbocycles. The molecule has 0 aliphatic rings. The minimum atomic E-state index is -0.196. The van der Waals surface area contributed by atoms with Crippen LogP contribution in [0.2, 0.25) is 10.0 Å². The van der Waals surface area contributed by atoms with Crippen molar-refractivity contribution in [2.45, 2.75) is 6.54 Å². The lowest BCUT2D eigenvalue weighted by atomic mass is 10.3. The van der Waals surface area contributed by atoms with Crippen LogP contribution >= 0.6 is 23.2 Å². The smallest absolute Gasteiger partial charge is 0.246 e. The highest BCUT2D eigenvalue weighted by atomic mass is 35.5. The van der Waals surface area contributed by atoms with Crippen LogP contribution in [-0.2, 0) is 11.3 Å². The zero-order valence-electron chi connectivity index (χ0n) is 8.73. The van der Waals surface area contributed by atoms with Crippen molar-refractivity contribution in [2.75, 3.05) is 5.32 Å². The van der Waals surface area contributed by atoms with Crippen LogP contribution in [0.4, 0.5) is 5.69 Å². The number of aromatic nitrogens is 2. The van der Waals surface area contributed by atoms with E-state index in [0.29, 0.717) is 15.7 Å². The van der Waals surface area contributed by atoms with Crippen LogP contribution in [-0.4, -0.2) is 15.7 Å². The molecule has 1 aromatic heterocycles. The number of hydrogen-bond acceptors (Lipinski definition) is 2. The minimum absolute atomic E-state index is 0.145. The summed E-state index contributed by atoms with van der Waals surface area (Å²) in [5, 5.41) is 7.56. The Labute approximate surface area is 108 Å². The molecule has 17 heavy (non-hydrogen) atoms. The number of benzene rings is 1. The number of amides is 1. The second kappa shape index (κ2) is 5.21. The lowest BCUT2D eigenvalue weighted by Crippen LogP contribution is -2.19. The topological polar surface area (TPSA) is 46.9 Å². The predicted molar refractivity (Wildman–Crippen MR) is 67.3 cm³/mol. The van der Waals surface area contributed by atoms with Gasteiger partial charge in [-0.25, -0.2) is 0 Å². The van der Waals surface area contributed by atoms with E-state index >= 15 is 0 Å². The van der Waals surface area contributed by atoms with Crippen molar-refractivity contribution < 1.29 is 4.79 Å². The quantitative estimate of drug-likeness (QED) is 0.932. The van der Waals surface area contributed by atoms with Crippen molar-refractivity contribution in [3.8, 4) is 0 Å². The molecule has 0 atom stereocenters. The Kier molecular flexibility index (Phi) is 3.66. The molecule has 1 amide bonds. The molecule has 0 radical (unpaired) electrons.